The van der Waals surface area contributed by atoms with Crippen molar-refractivity contribution in [2.24, 2.45) is 5.92 Å². The molecule has 2 aliphatic heterocycles. The van der Waals surface area contributed by atoms with Crippen LogP contribution in [0.4, 0.5) is 0 Å². The van der Waals surface area contributed by atoms with Gasteiger partial charge in [-0.25, -0.2) is 9.78 Å². The van der Waals surface area contributed by atoms with Gasteiger partial charge in [-0.2, -0.15) is 0 Å². The number of aromatic nitrogens is 4. The first kappa shape index (κ1) is 47.4. The van der Waals surface area contributed by atoms with E-state index in [9.17, 15) is 19.2 Å². The van der Waals surface area contributed by atoms with Crippen LogP contribution in [-0.4, -0.2) is 146 Å². The van der Waals surface area contributed by atoms with Crippen molar-refractivity contribution in [2.75, 3.05) is 82.7 Å². The lowest BCUT2D eigenvalue weighted by molar-refractivity contribution is -0.149. The van der Waals surface area contributed by atoms with E-state index < -0.39 is 23.3 Å². The molecule has 5 heterocycles. The van der Waals surface area contributed by atoms with Crippen molar-refractivity contribution in [1.82, 2.24) is 39.5 Å². The Morgan fingerprint density at radius 3 is 1.75 bits per heavy atom. The Kier molecular flexibility index (Phi) is 14.3. The Hall–Kier alpha value is -6.12. The molecule has 14 heteroatoms. The van der Waals surface area contributed by atoms with Crippen LogP contribution < -0.4 is 0 Å². The van der Waals surface area contributed by atoms with Gasteiger partial charge in [0.15, 0.2) is 0 Å². The molecule has 2 amide bonds. The summed E-state index contributed by atoms with van der Waals surface area (Å²) in [6.07, 6.45) is 6.77. The number of esters is 2. The van der Waals surface area contributed by atoms with Gasteiger partial charge >= 0.3 is 11.9 Å². The molecule has 0 saturated carbocycles. The van der Waals surface area contributed by atoms with Gasteiger partial charge in [0.05, 0.1) is 48.0 Å². The summed E-state index contributed by atoms with van der Waals surface area (Å²) in [7, 11) is 14.2. The molecule has 6 rings (SSSR count). The predicted molar refractivity (Wildman–Crippen MR) is 253 cm³/mol. The van der Waals surface area contributed by atoms with Gasteiger partial charge in [0, 0.05) is 80.8 Å². The maximum absolute atomic E-state index is 13.9. The van der Waals surface area contributed by atoms with Crippen LogP contribution in [-0.2, 0) is 46.9 Å². The Labute approximate surface area is 376 Å². The van der Waals surface area contributed by atoms with E-state index in [1.807, 2.05) is 92.2 Å². The minimum Gasteiger partial charge on any atom is -0.469 e. The van der Waals surface area contributed by atoms with E-state index in [-0.39, 0.29) is 23.8 Å². The second kappa shape index (κ2) is 19.3. The summed E-state index contributed by atoms with van der Waals surface area (Å²) < 4.78 is 10.6. The summed E-state index contributed by atoms with van der Waals surface area (Å²) in [6, 6.07) is 7.95. The fraction of sp³-hybridized carbons (Fsp3) is 0.440. The third-order valence-corrected chi connectivity index (χ3v) is 13.1. The summed E-state index contributed by atoms with van der Waals surface area (Å²) >= 11 is 0. The van der Waals surface area contributed by atoms with Crippen LogP contribution in [0.5, 0.6) is 0 Å². The van der Waals surface area contributed by atoms with E-state index in [0.29, 0.717) is 55.1 Å². The number of nitrogens with zero attached hydrogens (tertiary/aromatic N) is 6. The highest BCUT2D eigenvalue weighted by molar-refractivity contribution is 6.02. The largest absolute Gasteiger partial charge is 0.469 e. The lowest BCUT2D eigenvalue weighted by Crippen LogP contribution is -2.42. The molecule has 0 aromatic carbocycles. The number of hydrogen-bond donors (Lipinski definition) is 2. The van der Waals surface area contributed by atoms with Gasteiger partial charge in [-0.05, 0) is 126 Å². The minimum atomic E-state index is -1.17. The zero-order chi connectivity index (χ0) is 46.8. The van der Waals surface area contributed by atoms with Crippen LogP contribution in [0.25, 0.3) is 38.8 Å². The number of rotatable bonds is 15. The second-order valence-electron chi connectivity index (χ2n) is 17.8. The van der Waals surface area contributed by atoms with Crippen LogP contribution in [0, 0.1) is 19.8 Å². The van der Waals surface area contributed by atoms with E-state index in [4.69, 9.17) is 19.4 Å². The normalized spacial score (nSPS) is 16.9. The van der Waals surface area contributed by atoms with Gasteiger partial charge in [0.2, 0.25) is 11.8 Å². The Morgan fingerprint density at radius 1 is 0.703 bits per heavy atom. The highest BCUT2D eigenvalue weighted by Gasteiger charge is 2.53. The lowest BCUT2D eigenvalue weighted by atomic mass is 9.64. The zero-order valence-electron chi connectivity index (χ0n) is 39.6. The SMILES string of the molecule is C=CC1=C(C)c2cc3nc(cc4[nH]c(cc5[nH]c(cc1n2)c(C)c5CCC(=O)N(C)CCN(C)C)c(CCC(=O)N(C)CCN(C)C)c4C)[C@@]1(C)C3=CC=C(C(=O)OC)C1C(=O)OC. The van der Waals surface area contributed by atoms with E-state index in [1.54, 1.807) is 22.0 Å². The van der Waals surface area contributed by atoms with Gasteiger partial charge in [-0.3, -0.25) is 19.4 Å². The molecule has 0 fully saturated rings. The number of carbonyl (C=O) groups is 4. The molecule has 3 aromatic heterocycles. The molecule has 3 aromatic rings. The average molecular weight is 873 g/mol. The smallest absolute Gasteiger partial charge is 0.334 e. The highest BCUT2D eigenvalue weighted by atomic mass is 16.5. The molecule has 0 spiro atoms. The van der Waals surface area contributed by atoms with Crippen molar-refractivity contribution in [3.05, 3.63) is 99.7 Å². The molecular formula is C50H64N8O6. The van der Waals surface area contributed by atoms with Gasteiger partial charge in [0.1, 0.15) is 5.92 Å². The van der Waals surface area contributed by atoms with Crippen molar-refractivity contribution in [3.8, 4) is 0 Å². The molecule has 340 valence electrons. The number of aromatic amines is 2. The van der Waals surface area contributed by atoms with Gasteiger partial charge in [-0.1, -0.05) is 24.8 Å². The zero-order valence-corrected chi connectivity index (χ0v) is 39.6. The van der Waals surface area contributed by atoms with Crippen LogP contribution in [0.3, 0.4) is 0 Å². The first-order valence-corrected chi connectivity index (χ1v) is 21.8. The molecule has 0 radical (unpaired) electrons. The topological polar surface area (TPSA) is 157 Å². The van der Waals surface area contributed by atoms with Crippen LogP contribution in [0.1, 0.15) is 71.7 Å². The number of fused-ring (bicyclic) bond motifs is 11. The Bertz CT molecular complexity index is 2650. The van der Waals surface area contributed by atoms with Crippen molar-refractivity contribution < 1.29 is 28.7 Å². The van der Waals surface area contributed by atoms with Crippen molar-refractivity contribution in [1.29, 1.82) is 0 Å². The summed E-state index contributed by atoms with van der Waals surface area (Å²) in [5.41, 5.74) is 11.0. The van der Waals surface area contributed by atoms with Crippen molar-refractivity contribution in [3.63, 3.8) is 0 Å². The molecule has 1 aliphatic carbocycles. The quantitative estimate of drug-likeness (QED) is 0.169. The highest BCUT2D eigenvalue weighted by Crippen LogP contribution is 2.52. The molecule has 8 bridgehead atoms. The summed E-state index contributed by atoms with van der Waals surface area (Å²) in [5, 5.41) is 0. The summed E-state index contributed by atoms with van der Waals surface area (Å²) in [4.78, 5) is 79.8. The minimum absolute atomic E-state index is 0.0275. The number of aryl methyl sites for hydroxylation is 4. The third kappa shape index (κ3) is 9.25. The molecule has 3 aliphatic rings. The fourth-order valence-corrected chi connectivity index (χ4v) is 8.92. The van der Waals surface area contributed by atoms with Crippen LogP contribution >= 0.6 is 0 Å². The van der Waals surface area contributed by atoms with E-state index in [1.165, 1.54) is 14.2 Å². The molecule has 2 N–H and O–H groups in total. The number of hydrogen-bond acceptors (Lipinski definition) is 10. The van der Waals surface area contributed by atoms with Gasteiger partial charge in [0.25, 0.3) is 0 Å². The first-order chi connectivity index (χ1) is 30.3. The van der Waals surface area contributed by atoms with Crippen molar-refractivity contribution in [2.45, 2.75) is 58.8 Å². The lowest BCUT2D eigenvalue weighted by Gasteiger charge is -2.36. The third-order valence-electron chi connectivity index (χ3n) is 13.1. The molecule has 0 saturated heterocycles. The maximum atomic E-state index is 13.9. The number of amides is 2. The number of nitrogens with one attached hydrogen (secondary N) is 2. The molecule has 14 nitrogen and oxygen atoms in total. The number of allylic oxidation sites excluding steroid dienone is 6. The average Bonchev–Trinajstić information content (AvgIpc) is 3.92. The molecule has 64 heavy (non-hydrogen) atoms. The number of likely N-dealkylation sites (N-methyl/N-ethyl adjacent to an activating group) is 4. The Balaban J connectivity index is 1.66. The Morgan fingerprint density at radius 2 is 1.25 bits per heavy atom. The molecule has 1 unspecified atom stereocenters. The number of carbonyl (C=O) groups excluding carboxylic acids is 4. The number of ether oxygens (including phenoxy) is 2. The maximum Gasteiger partial charge on any atom is 0.334 e. The van der Waals surface area contributed by atoms with E-state index in [2.05, 4.69) is 34.4 Å². The standard InChI is InChI=1S/C50H64N8O6/c1-14-32-29(2)38-26-43-36-18-15-35(48(61)63-12)47(49(62)64-13)50(36,5)44(54-43)28-39-31(4)34(17-20-46(60)58(11)24-22-56(8)9)42(53-39)27-41-33(30(3)37(52-41)25-40(32)51-38)16-19-45(59)57(10)23-21-55(6)7/h14-15,18,25-28,47,52-53H,1,16-17,19-24H2,2-13H3/t47?,50-/m1/s1. The van der Waals surface area contributed by atoms with Crippen LogP contribution in [0.2, 0.25) is 0 Å². The first-order valence-electron chi connectivity index (χ1n) is 21.8. The summed E-state index contributed by atoms with van der Waals surface area (Å²) in [5.74, 6) is -2.25. The fourth-order valence-electron chi connectivity index (χ4n) is 8.92. The van der Waals surface area contributed by atoms with Crippen LogP contribution in [0.15, 0.2) is 54.6 Å². The van der Waals surface area contributed by atoms with Gasteiger partial charge < -0.3 is 39.0 Å². The number of methoxy groups -OCH3 is 2. The number of H-pyrrole nitrogens is 2. The second-order valence-corrected chi connectivity index (χ2v) is 17.8. The monoisotopic (exact) mass is 872 g/mol. The van der Waals surface area contributed by atoms with Crippen molar-refractivity contribution >= 4 is 62.5 Å². The van der Waals surface area contributed by atoms with E-state index >= 15 is 0 Å². The predicted octanol–water partition coefficient (Wildman–Crippen LogP) is 6.20. The summed E-state index contributed by atoms with van der Waals surface area (Å²) in [6.45, 7) is 14.9. The van der Waals surface area contributed by atoms with E-state index in [0.717, 1.165) is 74.1 Å². The van der Waals surface area contributed by atoms with Gasteiger partial charge in [-0.15, -0.1) is 0 Å². The molecule has 2 atom stereocenters. The molecular weight excluding hydrogens is 809 g/mol.